The van der Waals surface area contributed by atoms with Crippen LogP contribution in [0.15, 0.2) is 30.3 Å². The van der Waals surface area contributed by atoms with Gasteiger partial charge < -0.3 is 20.5 Å². The summed E-state index contributed by atoms with van der Waals surface area (Å²) in [6.07, 6.45) is -1.08. The van der Waals surface area contributed by atoms with Crippen LogP contribution in [0.3, 0.4) is 0 Å². The van der Waals surface area contributed by atoms with E-state index in [1.165, 1.54) is 4.90 Å². The summed E-state index contributed by atoms with van der Waals surface area (Å²) in [6, 6.07) is 9.08. The number of benzene rings is 1. The number of nitrogens with zero attached hydrogens (tertiary/aromatic N) is 1. The summed E-state index contributed by atoms with van der Waals surface area (Å²) < 4.78 is 5.13. The first-order valence-electron chi connectivity index (χ1n) is 5.56. The number of aliphatic hydroxyl groups is 1. The van der Waals surface area contributed by atoms with Crippen molar-refractivity contribution in [3.05, 3.63) is 35.9 Å². The Morgan fingerprint density at radius 1 is 1.41 bits per heavy atom. The lowest BCUT2D eigenvalue weighted by Crippen LogP contribution is -2.33. The standard InChI is InChI=1S/C12H16N2O3/c13-10-6-14(7-11(10)15)12(16)17-8-9-4-2-1-3-5-9/h1-5,10-11,15H,6-8,13H2/t10?,11-/m1/s1. The number of nitrogens with two attached hydrogens (primary N) is 1. The van der Waals surface area contributed by atoms with Crippen molar-refractivity contribution in [2.75, 3.05) is 13.1 Å². The summed E-state index contributed by atoms with van der Waals surface area (Å²) in [5.41, 5.74) is 6.55. The van der Waals surface area contributed by atoms with Gasteiger partial charge in [0, 0.05) is 6.54 Å². The monoisotopic (exact) mass is 236 g/mol. The van der Waals surface area contributed by atoms with Crippen molar-refractivity contribution in [3.63, 3.8) is 0 Å². The maximum Gasteiger partial charge on any atom is 0.410 e. The third-order valence-electron chi connectivity index (χ3n) is 2.80. The van der Waals surface area contributed by atoms with Crippen LogP contribution in [0.5, 0.6) is 0 Å². The first-order valence-corrected chi connectivity index (χ1v) is 5.56. The molecule has 5 nitrogen and oxygen atoms in total. The number of carbonyl (C=O) groups excluding carboxylic acids is 1. The van der Waals surface area contributed by atoms with Crippen LogP contribution in [-0.2, 0) is 11.3 Å². The lowest BCUT2D eigenvalue weighted by atomic mass is 10.2. The molecule has 5 heteroatoms. The molecule has 0 radical (unpaired) electrons. The molecule has 1 aromatic rings. The van der Waals surface area contributed by atoms with Gasteiger partial charge in [-0.15, -0.1) is 0 Å². The fourth-order valence-electron chi connectivity index (χ4n) is 1.77. The van der Waals surface area contributed by atoms with E-state index in [2.05, 4.69) is 0 Å². The Hall–Kier alpha value is -1.59. The average Bonchev–Trinajstić information content (AvgIpc) is 2.68. The molecule has 1 aliphatic heterocycles. The molecule has 1 aromatic carbocycles. The van der Waals surface area contributed by atoms with Crippen LogP contribution in [-0.4, -0.2) is 41.3 Å². The van der Waals surface area contributed by atoms with E-state index in [1.807, 2.05) is 30.3 Å². The van der Waals surface area contributed by atoms with Gasteiger partial charge in [-0.25, -0.2) is 4.79 Å². The van der Waals surface area contributed by atoms with Gasteiger partial charge in [0.05, 0.1) is 18.7 Å². The van der Waals surface area contributed by atoms with Gasteiger partial charge in [0.15, 0.2) is 0 Å². The van der Waals surface area contributed by atoms with Crippen LogP contribution in [0.2, 0.25) is 0 Å². The second-order valence-electron chi connectivity index (χ2n) is 4.18. The van der Waals surface area contributed by atoms with Crippen molar-refractivity contribution in [2.24, 2.45) is 5.73 Å². The number of likely N-dealkylation sites (tertiary alicyclic amines) is 1. The number of ether oxygens (including phenoxy) is 1. The van der Waals surface area contributed by atoms with Crippen LogP contribution in [0.1, 0.15) is 5.56 Å². The third-order valence-corrected chi connectivity index (χ3v) is 2.80. The number of amides is 1. The van der Waals surface area contributed by atoms with Crippen LogP contribution in [0.25, 0.3) is 0 Å². The topological polar surface area (TPSA) is 75.8 Å². The summed E-state index contributed by atoms with van der Waals surface area (Å²) in [4.78, 5) is 13.1. The summed E-state index contributed by atoms with van der Waals surface area (Å²) in [5.74, 6) is 0. The highest BCUT2D eigenvalue weighted by Crippen LogP contribution is 2.10. The fourth-order valence-corrected chi connectivity index (χ4v) is 1.77. The zero-order chi connectivity index (χ0) is 12.3. The second-order valence-corrected chi connectivity index (χ2v) is 4.18. The molecule has 92 valence electrons. The predicted octanol–water partition coefficient (Wildman–Crippen LogP) is 0.327. The van der Waals surface area contributed by atoms with Crippen LogP contribution >= 0.6 is 0 Å². The quantitative estimate of drug-likeness (QED) is 0.775. The van der Waals surface area contributed by atoms with E-state index >= 15 is 0 Å². The van der Waals surface area contributed by atoms with E-state index in [1.54, 1.807) is 0 Å². The molecule has 1 aliphatic rings. The molecule has 0 spiro atoms. The van der Waals surface area contributed by atoms with E-state index in [0.29, 0.717) is 6.54 Å². The van der Waals surface area contributed by atoms with Gasteiger partial charge >= 0.3 is 6.09 Å². The predicted molar refractivity (Wildman–Crippen MR) is 62.2 cm³/mol. The smallest absolute Gasteiger partial charge is 0.410 e. The highest BCUT2D eigenvalue weighted by molar-refractivity contribution is 5.68. The normalized spacial score (nSPS) is 23.8. The van der Waals surface area contributed by atoms with Crippen molar-refractivity contribution in [3.8, 4) is 0 Å². The van der Waals surface area contributed by atoms with E-state index in [4.69, 9.17) is 10.5 Å². The van der Waals surface area contributed by atoms with Gasteiger partial charge in [0.1, 0.15) is 6.61 Å². The van der Waals surface area contributed by atoms with Gasteiger partial charge in [0.25, 0.3) is 0 Å². The minimum Gasteiger partial charge on any atom is -0.445 e. The summed E-state index contributed by atoms with van der Waals surface area (Å²) >= 11 is 0. The number of aliphatic hydroxyl groups excluding tert-OH is 1. The van der Waals surface area contributed by atoms with Gasteiger partial charge in [0.2, 0.25) is 0 Å². The zero-order valence-corrected chi connectivity index (χ0v) is 9.45. The molecule has 0 aromatic heterocycles. The van der Waals surface area contributed by atoms with Gasteiger partial charge in [-0.1, -0.05) is 30.3 Å². The zero-order valence-electron chi connectivity index (χ0n) is 9.45. The number of carbonyl (C=O) groups is 1. The molecule has 17 heavy (non-hydrogen) atoms. The molecule has 0 bridgehead atoms. The Morgan fingerprint density at radius 2 is 2.12 bits per heavy atom. The summed E-state index contributed by atoms with van der Waals surface area (Å²) in [5, 5.41) is 9.43. The van der Waals surface area contributed by atoms with E-state index < -0.39 is 12.2 Å². The molecule has 1 unspecified atom stereocenters. The SMILES string of the molecule is NC1CN(C(=O)OCc2ccccc2)C[C@H]1O. The number of β-amino-alcohol motifs (C(OH)–C–C–N with tert-alkyl or cyclic N) is 1. The highest BCUT2D eigenvalue weighted by Gasteiger charge is 2.32. The lowest BCUT2D eigenvalue weighted by molar-refractivity contribution is 0.0971. The summed E-state index contributed by atoms with van der Waals surface area (Å²) in [7, 11) is 0. The van der Waals surface area contributed by atoms with Crippen molar-refractivity contribution in [1.82, 2.24) is 4.90 Å². The average molecular weight is 236 g/mol. The van der Waals surface area contributed by atoms with Crippen LogP contribution in [0, 0.1) is 0 Å². The van der Waals surface area contributed by atoms with E-state index in [-0.39, 0.29) is 19.2 Å². The number of rotatable bonds is 2. The van der Waals surface area contributed by atoms with Crippen molar-refractivity contribution in [1.29, 1.82) is 0 Å². The number of hydrogen-bond acceptors (Lipinski definition) is 4. The molecular formula is C12H16N2O3. The molecule has 1 saturated heterocycles. The van der Waals surface area contributed by atoms with Crippen molar-refractivity contribution < 1.29 is 14.6 Å². The molecular weight excluding hydrogens is 220 g/mol. The summed E-state index contributed by atoms with van der Waals surface area (Å²) in [6.45, 7) is 0.824. The Morgan fingerprint density at radius 3 is 2.71 bits per heavy atom. The highest BCUT2D eigenvalue weighted by atomic mass is 16.6. The molecule has 0 aliphatic carbocycles. The van der Waals surface area contributed by atoms with Gasteiger partial charge in [-0.2, -0.15) is 0 Å². The third kappa shape index (κ3) is 2.95. The van der Waals surface area contributed by atoms with Gasteiger partial charge in [-0.05, 0) is 5.56 Å². The second kappa shape index (κ2) is 5.16. The van der Waals surface area contributed by atoms with Crippen LogP contribution < -0.4 is 5.73 Å². The van der Waals surface area contributed by atoms with Gasteiger partial charge in [-0.3, -0.25) is 0 Å². The van der Waals surface area contributed by atoms with E-state index in [9.17, 15) is 9.90 Å². The maximum absolute atomic E-state index is 11.6. The Kier molecular flexibility index (Phi) is 3.61. The molecule has 2 rings (SSSR count). The fraction of sp³-hybridized carbons (Fsp3) is 0.417. The largest absolute Gasteiger partial charge is 0.445 e. The maximum atomic E-state index is 11.6. The minimum atomic E-state index is -0.653. The van der Waals surface area contributed by atoms with E-state index in [0.717, 1.165) is 5.56 Å². The lowest BCUT2D eigenvalue weighted by Gasteiger charge is -2.15. The Labute approximate surface area is 99.8 Å². The molecule has 3 N–H and O–H groups in total. The molecule has 1 fully saturated rings. The first-order chi connectivity index (χ1) is 8.16. The molecule has 2 atom stereocenters. The van der Waals surface area contributed by atoms with Crippen molar-refractivity contribution >= 4 is 6.09 Å². The first kappa shape index (κ1) is 11.9. The van der Waals surface area contributed by atoms with Crippen LogP contribution in [0.4, 0.5) is 4.79 Å². The Balaban J connectivity index is 1.82. The molecule has 1 amide bonds. The van der Waals surface area contributed by atoms with Crippen molar-refractivity contribution in [2.45, 2.75) is 18.8 Å². The molecule has 0 saturated carbocycles. The Bertz CT molecular complexity index is 373. The number of hydrogen-bond donors (Lipinski definition) is 2. The minimum absolute atomic E-state index is 0.238. The molecule has 1 heterocycles.